The molecule has 3 aliphatic carbocycles. The van der Waals surface area contributed by atoms with Crippen molar-refractivity contribution < 1.29 is 19.1 Å². The molecule has 0 N–H and O–H groups in total. The van der Waals surface area contributed by atoms with E-state index in [0.717, 1.165) is 30.7 Å². The van der Waals surface area contributed by atoms with E-state index in [4.69, 9.17) is 4.74 Å². The molecule has 0 radical (unpaired) electrons. The van der Waals surface area contributed by atoms with E-state index >= 15 is 0 Å². The van der Waals surface area contributed by atoms with Crippen molar-refractivity contribution in [3.63, 3.8) is 0 Å². The van der Waals surface area contributed by atoms with Crippen LogP contribution in [0.1, 0.15) is 95.2 Å². The number of carbonyl (C=O) groups is 3. The molecule has 1 saturated heterocycles. The van der Waals surface area contributed by atoms with E-state index in [9.17, 15) is 14.4 Å². The van der Waals surface area contributed by atoms with Crippen LogP contribution < -0.4 is 0 Å². The van der Waals surface area contributed by atoms with Gasteiger partial charge in [-0.05, 0) is 79.4 Å². The molecular weight excluding hydrogens is 508 g/mol. The first-order chi connectivity index (χ1) is 19.6. The Bertz CT molecular complexity index is 1230. The van der Waals surface area contributed by atoms with Crippen LogP contribution in [0.15, 0.2) is 30.4 Å². The van der Waals surface area contributed by atoms with Gasteiger partial charge in [0.05, 0.1) is 23.5 Å². The number of aryl methyl sites for hydroxylation is 2. The Kier molecular flexibility index (Phi) is 7.94. The van der Waals surface area contributed by atoms with Gasteiger partial charge in [0.25, 0.3) is 0 Å². The lowest BCUT2D eigenvalue weighted by atomic mass is 9.55. The summed E-state index contributed by atoms with van der Waals surface area (Å²) in [5.74, 6) is 1.49. The number of hydrogen-bond donors (Lipinski definition) is 0. The molecule has 2 aliphatic heterocycles. The van der Waals surface area contributed by atoms with Gasteiger partial charge in [0, 0.05) is 24.7 Å². The molecule has 4 fully saturated rings. The number of hydrogen-bond acceptors (Lipinski definition) is 4. The topological polar surface area (TPSA) is 60.4 Å². The number of rotatable bonds is 10. The van der Waals surface area contributed by atoms with Crippen LogP contribution in [0.5, 0.6) is 0 Å². The minimum absolute atomic E-state index is 0.0991. The highest BCUT2D eigenvalue weighted by Gasteiger charge is 2.66. The summed E-state index contributed by atoms with van der Waals surface area (Å²) >= 11 is 0. The number of benzene rings is 1. The van der Waals surface area contributed by atoms with Crippen LogP contribution in [0.4, 0.5) is 0 Å². The van der Waals surface area contributed by atoms with Gasteiger partial charge in [0.15, 0.2) is 0 Å². The fourth-order valence-electron chi connectivity index (χ4n) is 9.06. The number of ketones is 3. The molecule has 4 nitrogen and oxygen atoms in total. The second kappa shape index (κ2) is 11.2. The summed E-state index contributed by atoms with van der Waals surface area (Å²) in [5, 5.41) is 0. The maximum atomic E-state index is 14.7. The highest BCUT2D eigenvalue weighted by atomic mass is 16.5. The number of ether oxygens (including phenoxy) is 1. The average Bonchev–Trinajstić information content (AvgIpc) is 3.60. The quantitative estimate of drug-likeness (QED) is 0.280. The monoisotopic (exact) mass is 558 g/mol. The van der Waals surface area contributed by atoms with Crippen molar-refractivity contribution in [2.75, 3.05) is 0 Å². The van der Waals surface area contributed by atoms with Gasteiger partial charge in [-0.3, -0.25) is 14.4 Å². The summed E-state index contributed by atoms with van der Waals surface area (Å²) < 4.78 is 6.59. The highest BCUT2D eigenvalue weighted by molar-refractivity contribution is 5.98. The Morgan fingerprint density at radius 3 is 2.56 bits per heavy atom. The molecular formula is C37H50O4. The smallest absolute Gasteiger partial charge is 0.144 e. The Morgan fingerprint density at radius 1 is 1.05 bits per heavy atom. The molecule has 4 heteroatoms. The van der Waals surface area contributed by atoms with Crippen molar-refractivity contribution in [3.05, 3.63) is 47.0 Å². The summed E-state index contributed by atoms with van der Waals surface area (Å²) in [7, 11) is 0. The molecule has 222 valence electrons. The summed E-state index contributed by atoms with van der Waals surface area (Å²) in [6, 6.07) is 6.21. The third kappa shape index (κ3) is 5.43. The molecule has 0 amide bonds. The molecule has 10 atom stereocenters. The molecule has 1 aromatic rings. The van der Waals surface area contributed by atoms with Crippen LogP contribution >= 0.6 is 0 Å². The van der Waals surface area contributed by atoms with Crippen LogP contribution in [-0.2, 0) is 25.5 Å². The zero-order valence-corrected chi connectivity index (χ0v) is 25.9. The van der Waals surface area contributed by atoms with Gasteiger partial charge in [-0.25, -0.2) is 0 Å². The van der Waals surface area contributed by atoms with E-state index in [1.807, 2.05) is 12.1 Å². The van der Waals surface area contributed by atoms with Crippen LogP contribution in [0.3, 0.4) is 0 Å². The second-order valence-electron chi connectivity index (χ2n) is 14.9. The maximum absolute atomic E-state index is 14.7. The Morgan fingerprint density at radius 2 is 1.83 bits per heavy atom. The van der Waals surface area contributed by atoms with Crippen molar-refractivity contribution in [1.82, 2.24) is 0 Å². The number of carbonyl (C=O) groups excluding carboxylic acids is 3. The predicted molar refractivity (Wildman–Crippen MR) is 161 cm³/mol. The van der Waals surface area contributed by atoms with Crippen molar-refractivity contribution in [1.29, 1.82) is 0 Å². The number of fused-ring (bicyclic) bond motifs is 1. The molecule has 1 aromatic carbocycles. The minimum atomic E-state index is -0.802. The lowest BCUT2D eigenvalue weighted by Gasteiger charge is -2.46. The molecule has 2 bridgehead atoms. The van der Waals surface area contributed by atoms with Crippen molar-refractivity contribution in [3.8, 4) is 0 Å². The summed E-state index contributed by atoms with van der Waals surface area (Å²) in [4.78, 5) is 42.8. The van der Waals surface area contributed by atoms with Gasteiger partial charge in [-0.1, -0.05) is 83.2 Å². The van der Waals surface area contributed by atoms with Crippen LogP contribution in [0, 0.1) is 67.1 Å². The second-order valence-corrected chi connectivity index (χ2v) is 14.9. The van der Waals surface area contributed by atoms with E-state index < -0.39 is 17.4 Å². The van der Waals surface area contributed by atoms with Crippen LogP contribution in [-0.4, -0.2) is 29.1 Å². The third-order valence-electron chi connectivity index (χ3n) is 12.2. The van der Waals surface area contributed by atoms with Crippen LogP contribution in [0.25, 0.3) is 0 Å². The third-order valence-corrected chi connectivity index (χ3v) is 12.2. The summed E-state index contributed by atoms with van der Waals surface area (Å²) in [5.41, 5.74) is 2.59. The largest absolute Gasteiger partial charge is 0.362 e. The molecule has 10 unspecified atom stereocenters. The predicted octanol–water partition coefficient (Wildman–Crippen LogP) is 7.42. The van der Waals surface area contributed by atoms with Gasteiger partial charge < -0.3 is 4.74 Å². The summed E-state index contributed by atoms with van der Waals surface area (Å²) in [6.07, 6.45) is 13.4. The standard InChI is InChI=1S/C37H50O4/c1-21-9-12-27(17-24(21)4)18-31(39)34-32-15-16-37(41-32)20-29(30(38)19-28-8-6-7-22(2)25(28)5)33(36(40)35(34)37)23(3)10-11-26-13-14-26/h9,12,15-17,22-23,25-26,28-29,32-35H,6-8,10-11,13-14,18-20H2,1-5H3. The van der Waals surface area contributed by atoms with Gasteiger partial charge in [-0.2, -0.15) is 0 Å². The van der Waals surface area contributed by atoms with Crippen molar-refractivity contribution in [2.45, 2.75) is 111 Å². The van der Waals surface area contributed by atoms with Crippen molar-refractivity contribution >= 4 is 17.3 Å². The molecule has 3 saturated carbocycles. The zero-order valence-electron chi connectivity index (χ0n) is 25.9. The van der Waals surface area contributed by atoms with E-state index in [-0.39, 0.29) is 41.2 Å². The normalized spacial score (nSPS) is 38.6. The van der Waals surface area contributed by atoms with E-state index in [2.05, 4.69) is 52.8 Å². The van der Waals surface area contributed by atoms with Crippen molar-refractivity contribution in [2.24, 2.45) is 53.3 Å². The van der Waals surface area contributed by atoms with E-state index in [1.165, 1.54) is 36.8 Å². The molecule has 0 aromatic heterocycles. The molecule has 6 rings (SSSR count). The highest BCUT2D eigenvalue weighted by Crippen LogP contribution is 2.57. The fraction of sp³-hybridized carbons (Fsp3) is 0.703. The first kappa shape index (κ1) is 29.0. The fourth-order valence-corrected chi connectivity index (χ4v) is 9.06. The number of Topliss-reactive ketones (excluding diaryl/α,β-unsaturated/α-hetero) is 3. The summed E-state index contributed by atoms with van der Waals surface area (Å²) in [6.45, 7) is 11.0. The Hall–Kier alpha value is -2.07. The van der Waals surface area contributed by atoms with Gasteiger partial charge in [0.2, 0.25) is 0 Å². The zero-order chi connectivity index (χ0) is 29.1. The maximum Gasteiger partial charge on any atom is 0.144 e. The lowest BCUT2D eigenvalue weighted by molar-refractivity contribution is -0.152. The average molecular weight is 559 g/mol. The molecule has 41 heavy (non-hydrogen) atoms. The molecule has 1 spiro atoms. The van der Waals surface area contributed by atoms with Gasteiger partial charge in [-0.15, -0.1) is 0 Å². The van der Waals surface area contributed by atoms with Gasteiger partial charge >= 0.3 is 0 Å². The SMILES string of the molecule is Cc1ccc(CC(=O)C2C3C=CC4(CC(C(=O)CC5CCCC(C)C5C)C(C(C)CCC5CC5)C(=O)C24)O3)cc1C. The Balaban J connectivity index is 1.26. The van der Waals surface area contributed by atoms with E-state index in [0.29, 0.717) is 37.0 Å². The first-order valence-electron chi connectivity index (χ1n) is 16.6. The van der Waals surface area contributed by atoms with Crippen LogP contribution in [0.2, 0.25) is 0 Å². The minimum Gasteiger partial charge on any atom is -0.362 e. The Labute approximate surface area is 247 Å². The molecule has 2 heterocycles. The molecule has 5 aliphatic rings. The first-order valence-corrected chi connectivity index (χ1v) is 16.6. The van der Waals surface area contributed by atoms with E-state index in [1.54, 1.807) is 0 Å². The lowest BCUT2D eigenvalue weighted by Crippen LogP contribution is -2.56. The van der Waals surface area contributed by atoms with Gasteiger partial charge in [0.1, 0.15) is 17.3 Å².